The second-order valence-electron chi connectivity index (χ2n) is 9.55. The second-order valence-corrected chi connectivity index (χ2v) is 9.55. The zero-order valence-electron chi connectivity index (χ0n) is 19.3. The van der Waals surface area contributed by atoms with E-state index in [4.69, 9.17) is 4.74 Å². The van der Waals surface area contributed by atoms with Crippen molar-refractivity contribution in [1.29, 1.82) is 0 Å². The number of carbonyl (C=O) groups excluding carboxylic acids is 3. The highest BCUT2D eigenvalue weighted by atomic mass is 16.5. The molecule has 2 aromatic rings. The minimum Gasteiger partial charge on any atom is -0.456 e. The quantitative estimate of drug-likeness (QED) is 0.480. The Kier molecular flexibility index (Phi) is 7.84. The van der Waals surface area contributed by atoms with Gasteiger partial charge in [0.1, 0.15) is 6.54 Å². The molecule has 0 spiro atoms. The fourth-order valence-corrected chi connectivity index (χ4v) is 4.03. The second kappa shape index (κ2) is 10.6. The van der Waals surface area contributed by atoms with Crippen molar-refractivity contribution >= 4 is 17.7 Å². The van der Waals surface area contributed by atoms with E-state index in [-0.39, 0.29) is 30.3 Å². The van der Waals surface area contributed by atoms with Crippen molar-refractivity contribution < 1.29 is 19.1 Å². The fraction of sp³-hybridized carbons (Fsp3) is 0.444. The molecule has 1 N–H and O–H groups in total. The van der Waals surface area contributed by atoms with Crippen LogP contribution >= 0.6 is 0 Å². The fourth-order valence-electron chi connectivity index (χ4n) is 4.03. The number of ketones is 1. The summed E-state index contributed by atoms with van der Waals surface area (Å²) < 4.78 is 5.05. The molecule has 0 aliphatic heterocycles. The molecule has 1 aliphatic carbocycles. The number of carbonyl (C=O) groups is 3. The monoisotopic (exact) mass is 435 g/mol. The lowest BCUT2D eigenvalue weighted by molar-refractivity contribution is -0.141. The standard InChI is InChI=1S/C27H33NO4/c1-27(2,3)23-15-13-22(14-16-23)26(31)28-17-25(30)32-18-24(29)21-11-9-20(10-12-21)19-7-5-4-6-8-19/h9-16,19H,4-8,17-18H2,1-3H3,(H,28,31). The lowest BCUT2D eigenvalue weighted by Crippen LogP contribution is -2.31. The zero-order chi connectivity index (χ0) is 23.1. The highest BCUT2D eigenvalue weighted by molar-refractivity contribution is 5.98. The molecule has 2 aromatic carbocycles. The highest BCUT2D eigenvalue weighted by Gasteiger charge is 2.17. The van der Waals surface area contributed by atoms with Gasteiger partial charge in [0.2, 0.25) is 0 Å². The zero-order valence-corrected chi connectivity index (χ0v) is 19.3. The number of amides is 1. The third kappa shape index (κ3) is 6.52. The molecule has 1 saturated carbocycles. The Bertz CT molecular complexity index is 933. The molecule has 0 aromatic heterocycles. The maximum atomic E-state index is 12.3. The molecular weight excluding hydrogens is 402 g/mol. The van der Waals surface area contributed by atoms with Crippen LogP contribution in [0.4, 0.5) is 0 Å². The van der Waals surface area contributed by atoms with E-state index in [2.05, 4.69) is 26.1 Å². The molecule has 0 bridgehead atoms. The van der Waals surface area contributed by atoms with Crippen LogP contribution in [0.2, 0.25) is 0 Å². The van der Waals surface area contributed by atoms with Gasteiger partial charge in [-0.3, -0.25) is 14.4 Å². The van der Waals surface area contributed by atoms with Crippen LogP contribution in [-0.4, -0.2) is 30.8 Å². The summed E-state index contributed by atoms with van der Waals surface area (Å²) in [4.78, 5) is 36.6. The van der Waals surface area contributed by atoms with Crippen LogP contribution in [0.25, 0.3) is 0 Å². The lowest BCUT2D eigenvalue weighted by Gasteiger charge is -2.22. The lowest BCUT2D eigenvalue weighted by atomic mass is 9.84. The maximum Gasteiger partial charge on any atom is 0.325 e. The van der Waals surface area contributed by atoms with E-state index in [0.717, 1.165) is 5.56 Å². The smallest absolute Gasteiger partial charge is 0.325 e. The van der Waals surface area contributed by atoms with Crippen LogP contribution in [0, 0.1) is 0 Å². The Morgan fingerprint density at radius 1 is 0.875 bits per heavy atom. The van der Waals surface area contributed by atoms with Gasteiger partial charge in [-0.1, -0.05) is 76.4 Å². The number of esters is 1. The van der Waals surface area contributed by atoms with Crippen molar-refractivity contribution in [1.82, 2.24) is 5.32 Å². The molecule has 5 heteroatoms. The van der Waals surface area contributed by atoms with Crippen LogP contribution in [-0.2, 0) is 14.9 Å². The molecule has 1 aliphatic rings. The van der Waals surface area contributed by atoms with Crippen LogP contribution in [0.3, 0.4) is 0 Å². The Morgan fingerprint density at radius 2 is 1.47 bits per heavy atom. The van der Waals surface area contributed by atoms with Gasteiger partial charge >= 0.3 is 5.97 Å². The first-order valence-electron chi connectivity index (χ1n) is 11.4. The van der Waals surface area contributed by atoms with Crippen LogP contribution in [0.1, 0.15) is 90.6 Å². The third-order valence-corrected chi connectivity index (χ3v) is 6.08. The van der Waals surface area contributed by atoms with Gasteiger partial charge in [0.05, 0.1) is 0 Å². The summed E-state index contributed by atoms with van der Waals surface area (Å²) in [5.41, 5.74) is 3.40. The minimum absolute atomic E-state index is 0.00153. The number of benzene rings is 2. The topological polar surface area (TPSA) is 72.5 Å². The summed E-state index contributed by atoms with van der Waals surface area (Å²) in [6.07, 6.45) is 6.25. The average Bonchev–Trinajstić information content (AvgIpc) is 2.81. The van der Waals surface area contributed by atoms with Crippen molar-refractivity contribution in [3.05, 3.63) is 70.8 Å². The predicted molar refractivity (Wildman–Crippen MR) is 125 cm³/mol. The molecule has 5 nitrogen and oxygen atoms in total. The van der Waals surface area contributed by atoms with E-state index in [0.29, 0.717) is 17.0 Å². The van der Waals surface area contributed by atoms with E-state index in [1.807, 2.05) is 36.4 Å². The van der Waals surface area contributed by atoms with Crippen molar-refractivity contribution in [2.45, 2.75) is 64.2 Å². The first-order valence-corrected chi connectivity index (χ1v) is 11.4. The normalized spacial score (nSPS) is 14.6. The number of hydrogen-bond donors (Lipinski definition) is 1. The van der Waals surface area contributed by atoms with Crippen molar-refractivity contribution in [2.24, 2.45) is 0 Å². The minimum atomic E-state index is -0.642. The van der Waals surface area contributed by atoms with Gasteiger partial charge in [-0.2, -0.15) is 0 Å². The van der Waals surface area contributed by atoms with Crippen molar-refractivity contribution in [2.75, 3.05) is 13.2 Å². The molecule has 32 heavy (non-hydrogen) atoms. The molecule has 170 valence electrons. The largest absolute Gasteiger partial charge is 0.456 e. The Balaban J connectivity index is 1.43. The van der Waals surface area contributed by atoms with Crippen LogP contribution < -0.4 is 5.32 Å². The Morgan fingerprint density at radius 3 is 2.06 bits per heavy atom. The highest BCUT2D eigenvalue weighted by Crippen LogP contribution is 2.32. The van der Waals surface area contributed by atoms with E-state index in [9.17, 15) is 14.4 Å². The van der Waals surface area contributed by atoms with Gasteiger partial charge < -0.3 is 10.1 Å². The predicted octanol–water partition coefficient (Wildman–Crippen LogP) is 5.19. The summed E-state index contributed by atoms with van der Waals surface area (Å²) in [6, 6.07) is 14.9. The third-order valence-electron chi connectivity index (χ3n) is 6.08. The van der Waals surface area contributed by atoms with E-state index < -0.39 is 5.97 Å². The van der Waals surface area contributed by atoms with Crippen LogP contribution in [0.15, 0.2) is 48.5 Å². The molecule has 1 fully saturated rings. The number of nitrogens with one attached hydrogen (secondary N) is 1. The molecule has 1 amide bonds. The molecule has 0 heterocycles. The van der Waals surface area contributed by atoms with Gasteiger partial charge in [-0.15, -0.1) is 0 Å². The first kappa shape index (κ1) is 23.7. The SMILES string of the molecule is CC(C)(C)c1ccc(C(=O)NCC(=O)OCC(=O)c2ccc(C3CCCCC3)cc2)cc1. The summed E-state index contributed by atoms with van der Waals surface area (Å²) in [5, 5.41) is 2.54. The van der Waals surface area contributed by atoms with Crippen molar-refractivity contribution in [3.8, 4) is 0 Å². The average molecular weight is 436 g/mol. The number of rotatable bonds is 7. The van der Waals surface area contributed by atoms with Gasteiger partial charge in [-0.05, 0) is 47.4 Å². The Labute approximate surface area is 190 Å². The summed E-state index contributed by atoms with van der Waals surface area (Å²) in [7, 11) is 0. The van der Waals surface area contributed by atoms with Gasteiger partial charge in [0.25, 0.3) is 5.91 Å². The Hall–Kier alpha value is -2.95. The number of ether oxygens (including phenoxy) is 1. The molecule has 3 rings (SSSR count). The summed E-state index contributed by atoms with van der Waals surface area (Å²) in [6.45, 7) is 5.69. The first-order chi connectivity index (χ1) is 15.2. The van der Waals surface area contributed by atoms with Crippen LogP contribution in [0.5, 0.6) is 0 Å². The molecular formula is C27H33NO4. The van der Waals surface area contributed by atoms with E-state index >= 15 is 0 Å². The maximum absolute atomic E-state index is 12.3. The van der Waals surface area contributed by atoms with Crippen molar-refractivity contribution in [3.63, 3.8) is 0 Å². The summed E-state index contributed by atoms with van der Waals surface area (Å²) in [5.74, 6) is -0.666. The van der Waals surface area contributed by atoms with E-state index in [1.54, 1.807) is 12.1 Å². The molecule has 0 unspecified atom stereocenters. The van der Waals surface area contributed by atoms with Gasteiger partial charge in [-0.25, -0.2) is 0 Å². The molecule has 0 radical (unpaired) electrons. The van der Waals surface area contributed by atoms with E-state index in [1.165, 1.54) is 37.7 Å². The van der Waals surface area contributed by atoms with Gasteiger partial charge in [0, 0.05) is 11.1 Å². The molecule has 0 saturated heterocycles. The van der Waals surface area contributed by atoms with Gasteiger partial charge in [0.15, 0.2) is 12.4 Å². The molecule has 0 atom stereocenters. The number of hydrogen-bond acceptors (Lipinski definition) is 4. The summed E-state index contributed by atoms with van der Waals surface area (Å²) >= 11 is 0. The number of Topliss-reactive ketones (excluding diaryl/α,β-unsaturated/α-hetero) is 1.